The number of nitriles is 1. The average molecular weight is 490 g/mol. The van der Waals surface area contributed by atoms with Crippen molar-refractivity contribution < 1.29 is 23.0 Å². The van der Waals surface area contributed by atoms with Gasteiger partial charge < -0.3 is 14.8 Å². The Labute approximate surface area is 199 Å². The van der Waals surface area contributed by atoms with E-state index in [-0.39, 0.29) is 38.9 Å². The lowest BCUT2D eigenvalue weighted by molar-refractivity contribution is -0.116. The zero-order valence-electron chi connectivity index (χ0n) is 18.7. The van der Waals surface area contributed by atoms with Gasteiger partial charge >= 0.3 is 6.61 Å². The third-order valence-electron chi connectivity index (χ3n) is 5.41. The largest absolute Gasteiger partial charge is 0.493 e. The first-order chi connectivity index (χ1) is 16.4. The molecule has 1 saturated carbocycles. The van der Waals surface area contributed by atoms with Crippen LogP contribution in [0.4, 0.5) is 8.78 Å². The number of amides is 1. The number of allylic oxidation sites excluding steroid dienone is 1. The van der Waals surface area contributed by atoms with Crippen molar-refractivity contribution in [1.29, 1.82) is 5.26 Å². The maximum absolute atomic E-state index is 13.1. The van der Waals surface area contributed by atoms with Crippen LogP contribution in [0.2, 0.25) is 0 Å². The molecule has 0 unspecified atom stereocenters. The molecule has 2 aromatic rings. The first-order valence-corrected chi connectivity index (χ1v) is 11.6. The highest BCUT2D eigenvalue weighted by Crippen LogP contribution is 2.29. The predicted molar refractivity (Wildman–Crippen MR) is 125 cm³/mol. The van der Waals surface area contributed by atoms with Crippen molar-refractivity contribution in [3.8, 4) is 17.6 Å². The highest BCUT2D eigenvalue weighted by atomic mass is 32.1. The Hall–Kier alpha value is -3.45. The normalized spacial score (nSPS) is 15.6. The van der Waals surface area contributed by atoms with Gasteiger partial charge in [-0.2, -0.15) is 14.0 Å². The zero-order valence-corrected chi connectivity index (χ0v) is 19.5. The minimum Gasteiger partial charge on any atom is -0.493 e. The number of benzene rings is 1. The van der Waals surface area contributed by atoms with Crippen LogP contribution >= 0.6 is 11.3 Å². The standard InChI is InChI=1S/C24H25F2N3O4S/c1-3-11-29-22(31)20(13-15-9-10-18(33-24(25)26)19(12-15)32-2)34-23(29)17(14-27)21(30)28-16-7-5-4-6-8-16/h3,9-10,12-13,16,24H,1,4-8,11H2,2H3,(H,28,30). The highest BCUT2D eigenvalue weighted by Gasteiger charge is 2.20. The van der Waals surface area contributed by atoms with Crippen LogP contribution in [0.25, 0.3) is 11.6 Å². The second-order valence-electron chi connectivity index (χ2n) is 7.70. The number of nitrogens with one attached hydrogen (secondary N) is 1. The molecule has 10 heteroatoms. The SMILES string of the molecule is C=CCn1c(=C(C#N)C(=O)NC2CCCCC2)sc(=Cc2ccc(OC(F)F)c(OC)c2)c1=O. The molecule has 0 bridgehead atoms. The molecular formula is C24H25F2N3O4S. The van der Waals surface area contributed by atoms with Crippen molar-refractivity contribution in [3.05, 3.63) is 56.0 Å². The van der Waals surface area contributed by atoms with Gasteiger partial charge in [0.2, 0.25) is 0 Å². The van der Waals surface area contributed by atoms with Crippen molar-refractivity contribution >= 4 is 28.9 Å². The first kappa shape index (κ1) is 25.2. The number of hydrogen-bond donors (Lipinski definition) is 1. The predicted octanol–water partition coefficient (Wildman–Crippen LogP) is 2.66. The Morgan fingerprint density at radius 1 is 1.35 bits per heavy atom. The lowest BCUT2D eigenvalue weighted by Gasteiger charge is -2.22. The Kier molecular flexibility index (Phi) is 8.60. The second-order valence-corrected chi connectivity index (χ2v) is 8.73. The Morgan fingerprint density at radius 2 is 2.09 bits per heavy atom. The maximum atomic E-state index is 13.1. The van der Waals surface area contributed by atoms with Gasteiger partial charge in [-0.25, -0.2) is 0 Å². The summed E-state index contributed by atoms with van der Waals surface area (Å²) in [6, 6.07) is 6.24. The number of alkyl halides is 2. The third kappa shape index (κ3) is 5.91. The fraction of sp³-hybridized carbons (Fsp3) is 0.375. The number of carbonyl (C=O) groups excluding carboxylic acids is 1. The summed E-state index contributed by atoms with van der Waals surface area (Å²) in [5.41, 5.74) is -0.0308. The summed E-state index contributed by atoms with van der Waals surface area (Å²) in [6.45, 7) is 0.772. The molecule has 180 valence electrons. The molecule has 1 aliphatic carbocycles. The van der Waals surface area contributed by atoms with Crippen LogP contribution in [0.3, 0.4) is 0 Å². The van der Waals surface area contributed by atoms with E-state index in [0.717, 1.165) is 43.4 Å². The van der Waals surface area contributed by atoms with E-state index < -0.39 is 18.1 Å². The first-order valence-electron chi connectivity index (χ1n) is 10.8. The van der Waals surface area contributed by atoms with Gasteiger partial charge in [0.05, 0.1) is 11.6 Å². The van der Waals surface area contributed by atoms with Crippen LogP contribution in [0.1, 0.15) is 37.7 Å². The average Bonchev–Trinajstić information content (AvgIpc) is 3.11. The molecule has 0 aliphatic heterocycles. The van der Waals surface area contributed by atoms with E-state index in [0.29, 0.717) is 5.56 Å². The van der Waals surface area contributed by atoms with Gasteiger partial charge in [-0.15, -0.1) is 17.9 Å². The molecule has 0 atom stereocenters. The molecule has 1 amide bonds. The molecule has 1 N–H and O–H groups in total. The Morgan fingerprint density at radius 3 is 2.71 bits per heavy atom. The number of hydrogen-bond acceptors (Lipinski definition) is 6. The van der Waals surface area contributed by atoms with Gasteiger partial charge in [0.1, 0.15) is 10.7 Å². The van der Waals surface area contributed by atoms with E-state index in [9.17, 15) is 23.6 Å². The molecule has 0 saturated heterocycles. The summed E-state index contributed by atoms with van der Waals surface area (Å²) in [5, 5.41) is 12.7. The number of nitrogens with zero attached hydrogens (tertiary/aromatic N) is 2. The van der Waals surface area contributed by atoms with Crippen molar-refractivity contribution in [2.75, 3.05) is 7.11 Å². The summed E-state index contributed by atoms with van der Waals surface area (Å²) in [5.74, 6) is -0.561. The molecule has 1 aromatic carbocycles. The quantitative estimate of drug-likeness (QED) is 0.576. The molecule has 0 radical (unpaired) electrons. The maximum Gasteiger partial charge on any atom is 0.387 e. The van der Waals surface area contributed by atoms with Crippen LogP contribution in [-0.2, 0) is 11.3 Å². The van der Waals surface area contributed by atoms with E-state index in [1.54, 1.807) is 6.08 Å². The summed E-state index contributed by atoms with van der Waals surface area (Å²) in [7, 11) is 1.32. The third-order valence-corrected chi connectivity index (χ3v) is 6.54. The number of methoxy groups -OCH3 is 1. The van der Waals surface area contributed by atoms with Gasteiger partial charge in [0.25, 0.3) is 11.5 Å². The van der Waals surface area contributed by atoms with Crippen LogP contribution in [0, 0.1) is 11.3 Å². The van der Waals surface area contributed by atoms with Gasteiger partial charge in [0.15, 0.2) is 17.1 Å². The molecule has 0 spiro atoms. The molecule has 3 rings (SSSR count). The van der Waals surface area contributed by atoms with Gasteiger partial charge in [-0.1, -0.05) is 31.4 Å². The fourth-order valence-electron chi connectivity index (χ4n) is 3.82. The molecule has 34 heavy (non-hydrogen) atoms. The molecule has 1 heterocycles. The number of carbonyl (C=O) groups is 1. The van der Waals surface area contributed by atoms with Crippen LogP contribution in [0.5, 0.6) is 11.5 Å². The Balaban J connectivity index is 2.08. The Bertz CT molecular complexity index is 1270. The van der Waals surface area contributed by atoms with Crippen molar-refractivity contribution in [2.45, 2.75) is 51.3 Å². The van der Waals surface area contributed by atoms with Crippen molar-refractivity contribution in [1.82, 2.24) is 9.88 Å². The van der Waals surface area contributed by atoms with Gasteiger partial charge in [-0.05, 0) is 36.6 Å². The fourth-order valence-corrected chi connectivity index (χ4v) is 4.93. The number of rotatable bonds is 8. The van der Waals surface area contributed by atoms with Gasteiger partial charge in [-0.3, -0.25) is 14.2 Å². The number of thiazole rings is 1. The number of halogens is 2. The lowest BCUT2D eigenvalue weighted by atomic mass is 9.95. The van der Waals surface area contributed by atoms with Crippen LogP contribution in [0.15, 0.2) is 35.6 Å². The highest BCUT2D eigenvalue weighted by molar-refractivity contribution is 7.07. The molecular weight excluding hydrogens is 464 g/mol. The van der Waals surface area contributed by atoms with Gasteiger partial charge in [0, 0.05) is 12.6 Å². The second kappa shape index (κ2) is 11.6. The van der Waals surface area contributed by atoms with E-state index in [4.69, 9.17) is 4.74 Å². The summed E-state index contributed by atoms with van der Waals surface area (Å²) in [4.78, 5) is 25.9. The smallest absolute Gasteiger partial charge is 0.387 e. The minimum absolute atomic E-state index is 0.0107. The summed E-state index contributed by atoms with van der Waals surface area (Å²) >= 11 is 1.01. The molecule has 1 aliphatic rings. The molecule has 7 nitrogen and oxygen atoms in total. The van der Waals surface area contributed by atoms with Crippen LogP contribution < -0.4 is 29.5 Å². The van der Waals surface area contributed by atoms with E-state index in [2.05, 4.69) is 16.6 Å². The van der Waals surface area contributed by atoms with E-state index in [1.807, 2.05) is 6.07 Å². The summed E-state index contributed by atoms with van der Waals surface area (Å²) in [6.07, 6.45) is 7.95. The topological polar surface area (TPSA) is 93.3 Å². The monoisotopic (exact) mass is 489 g/mol. The molecule has 1 aromatic heterocycles. The lowest BCUT2D eigenvalue weighted by Crippen LogP contribution is -2.39. The number of ether oxygens (including phenoxy) is 2. The van der Waals surface area contributed by atoms with Crippen molar-refractivity contribution in [3.63, 3.8) is 0 Å². The van der Waals surface area contributed by atoms with E-state index in [1.165, 1.54) is 36.0 Å². The number of aromatic nitrogens is 1. The van der Waals surface area contributed by atoms with Crippen molar-refractivity contribution in [2.24, 2.45) is 0 Å². The minimum atomic E-state index is -3.01. The van der Waals surface area contributed by atoms with Crippen LogP contribution in [-0.4, -0.2) is 30.2 Å². The zero-order chi connectivity index (χ0) is 24.7. The summed E-state index contributed by atoms with van der Waals surface area (Å²) < 4.78 is 36.5. The molecule has 1 fully saturated rings. The van der Waals surface area contributed by atoms with E-state index >= 15 is 0 Å².